The van der Waals surface area contributed by atoms with E-state index in [4.69, 9.17) is 17.3 Å². The van der Waals surface area contributed by atoms with Crippen molar-refractivity contribution < 1.29 is 8.42 Å². The molecule has 1 atom stereocenters. The molecule has 0 bridgehead atoms. The molecule has 0 aliphatic carbocycles. The van der Waals surface area contributed by atoms with Crippen molar-refractivity contribution >= 4 is 38.6 Å². The quantitative estimate of drug-likeness (QED) is 0.860. The topological polar surface area (TPSA) is 63.4 Å². The Morgan fingerprint density at radius 3 is 2.52 bits per heavy atom. The predicted molar refractivity (Wildman–Crippen MR) is 88.3 cm³/mol. The van der Waals surface area contributed by atoms with Gasteiger partial charge in [-0.25, -0.2) is 8.42 Å². The SMILES string of the molecule is Cc1ccc(C(C)N(C)S(=O)(=O)c2cc(N)ccc2Cl)s1. The van der Waals surface area contributed by atoms with E-state index >= 15 is 0 Å². The Morgan fingerprint density at radius 1 is 1.29 bits per heavy atom. The molecule has 1 aromatic heterocycles. The summed E-state index contributed by atoms with van der Waals surface area (Å²) in [6, 6.07) is 8.11. The molecule has 0 aliphatic heterocycles. The maximum Gasteiger partial charge on any atom is 0.244 e. The first kappa shape index (κ1) is 16.3. The van der Waals surface area contributed by atoms with Gasteiger partial charge in [-0.3, -0.25) is 0 Å². The van der Waals surface area contributed by atoms with E-state index in [0.29, 0.717) is 5.69 Å². The molecule has 1 aromatic carbocycles. The van der Waals surface area contributed by atoms with E-state index in [9.17, 15) is 8.42 Å². The van der Waals surface area contributed by atoms with Crippen molar-refractivity contribution in [3.8, 4) is 0 Å². The number of hydrogen-bond acceptors (Lipinski definition) is 4. The number of thiophene rings is 1. The number of aryl methyl sites for hydroxylation is 1. The molecule has 4 nitrogen and oxygen atoms in total. The van der Waals surface area contributed by atoms with Crippen LogP contribution in [0.25, 0.3) is 0 Å². The Labute approximate surface area is 134 Å². The second-order valence-corrected chi connectivity index (χ2v) is 8.53. The van der Waals surface area contributed by atoms with Crippen LogP contribution in [0.1, 0.15) is 22.7 Å². The van der Waals surface area contributed by atoms with Gasteiger partial charge >= 0.3 is 0 Å². The Balaban J connectivity index is 2.41. The summed E-state index contributed by atoms with van der Waals surface area (Å²) < 4.78 is 26.8. The minimum absolute atomic E-state index is 0.0341. The fraction of sp³-hybridized carbons (Fsp3) is 0.286. The standard InChI is InChI=1S/C14H17ClN2O2S2/c1-9-4-7-13(20-9)10(2)17(3)21(18,19)14-8-11(16)5-6-12(14)15/h4-8,10H,16H2,1-3H3. The molecule has 2 rings (SSSR count). The van der Waals surface area contributed by atoms with Gasteiger partial charge in [0.2, 0.25) is 10.0 Å². The van der Waals surface area contributed by atoms with E-state index in [1.807, 2.05) is 26.0 Å². The van der Waals surface area contributed by atoms with Gasteiger partial charge in [0.1, 0.15) is 4.90 Å². The third kappa shape index (κ3) is 3.23. The van der Waals surface area contributed by atoms with E-state index in [0.717, 1.165) is 9.75 Å². The van der Waals surface area contributed by atoms with Crippen LogP contribution >= 0.6 is 22.9 Å². The minimum atomic E-state index is -3.70. The van der Waals surface area contributed by atoms with Crippen LogP contribution in [-0.2, 0) is 10.0 Å². The lowest BCUT2D eigenvalue weighted by Gasteiger charge is -2.24. The molecular weight excluding hydrogens is 328 g/mol. The predicted octanol–water partition coefficient (Wildman–Crippen LogP) is 3.67. The highest BCUT2D eigenvalue weighted by molar-refractivity contribution is 7.89. The van der Waals surface area contributed by atoms with Gasteiger partial charge < -0.3 is 5.73 Å². The maximum atomic E-state index is 12.7. The number of rotatable bonds is 4. The molecule has 0 amide bonds. The summed E-state index contributed by atoms with van der Waals surface area (Å²) in [5.41, 5.74) is 6.04. The van der Waals surface area contributed by atoms with Crippen molar-refractivity contribution in [2.75, 3.05) is 12.8 Å². The largest absolute Gasteiger partial charge is 0.399 e. The van der Waals surface area contributed by atoms with Gasteiger partial charge in [0.15, 0.2) is 0 Å². The Kier molecular flexibility index (Phi) is 4.63. The lowest BCUT2D eigenvalue weighted by molar-refractivity contribution is 0.403. The lowest BCUT2D eigenvalue weighted by Crippen LogP contribution is -2.29. The molecule has 1 unspecified atom stereocenters. The Morgan fingerprint density at radius 2 is 1.95 bits per heavy atom. The molecule has 114 valence electrons. The number of nitrogens with zero attached hydrogens (tertiary/aromatic N) is 1. The van der Waals surface area contributed by atoms with Crippen molar-refractivity contribution in [3.63, 3.8) is 0 Å². The molecule has 21 heavy (non-hydrogen) atoms. The number of hydrogen-bond donors (Lipinski definition) is 1. The van der Waals surface area contributed by atoms with Crippen LogP contribution in [-0.4, -0.2) is 19.8 Å². The highest BCUT2D eigenvalue weighted by Gasteiger charge is 2.29. The zero-order chi connectivity index (χ0) is 15.8. The molecule has 0 saturated carbocycles. The smallest absolute Gasteiger partial charge is 0.244 e. The number of halogens is 1. The molecule has 0 fully saturated rings. The van der Waals surface area contributed by atoms with Crippen LogP contribution in [0.5, 0.6) is 0 Å². The average molecular weight is 345 g/mol. The van der Waals surface area contributed by atoms with Crippen molar-refractivity contribution in [1.82, 2.24) is 4.31 Å². The molecule has 0 saturated heterocycles. The molecule has 7 heteroatoms. The van der Waals surface area contributed by atoms with Gasteiger partial charge in [-0.1, -0.05) is 11.6 Å². The number of benzene rings is 1. The molecule has 0 radical (unpaired) electrons. The van der Waals surface area contributed by atoms with Gasteiger partial charge in [-0.05, 0) is 44.2 Å². The first-order valence-electron chi connectivity index (χ1n) is 6.33. The number of nitrogens with two attached hydrogens (primary N) is 1. The maximum absolute atomic E-state index is 12.7. The lowest BCUT2D eigenvalue weighted by atomic mass is 10.3. The molecule has 2 N–H and O–H groups in total. The van der Waals surface area contributed by atoms with Crippen LogP contribution in [0, 0.1) is 6.92 Å². The number of anilines is 1. The van der Waals surface area contributed by atoms with Crippen molar-refractivity contribution in [1.29, 1.82) is 0 Å². The van der Waals surface area contributed by atoms with Gasteiger partial charge in [0.05, 0.1) is 11.1 Å². The van der Waals surface area contributed by atoms with E-state index in [1.54, 1.807) is 24.5 Å². The van der Waals surface area contributed by atoms with E-state index in [2.05, 4.69) is 0 Å². The second kappa shape index (κ2) is 5.96. The van der Waals surface area contributed by atoms with Gasteiger partial charge in [0, 0.05) is 22.5 Å². The van der Waals surface area contributed by atoms with Crippen molar-refractivity contribution in [3.05, 3.63) is 45.1 Å². The van der Waals surface area contributed by atoms with Crippen LogP contribution in [0.2, 0.25) is 5.02 Å². The minimum Gasteiger partial charge on any atom is -0.399 e. The molecule has 2 aromatic rings. The Hall–Kier alpha value is -1.08. The van der Waals surface area contributed by atoms with E-state index in [-0.39, 0.29) is 16.0 Å². The van der Waals surface area contributed by atoms with Gasteiger partial charge in [-0.15, -0.1) is 11.3 Å². The average Bonchev–Trinajstić information content (AvgIpc) is 2.86. The van der Waals surface area contributed by atoms with Gasteiger partial charge in [0.25, 0.3) is 0 Å². The van der Waals surface area contributed by atoms with Crippen LogP contribution < -0.4 is 5.73 Å². The zero-order valence-electron chi connectivity index (χ0n) is 12.0. The highest BCUT2D eigenvalue weighted by atomic mass is 35.5. The second-order valence-electron chi connectivity index (χ2n) is 4.84. The summed E-state index contributed by atoms with van der Waals surface area (Å²) in [6.45, 7) is 3.84. The van der Waals surface area contributed by atoms with Crippen molar-refractivity contribution in [2.45, 2.75) is 24.8 Å². The third-order valence-electron chi connectivity index (χ3n) is 3.33. The first-order chi connectivity index (χ1) is 9.73. The molecule has 0 aliphatic rings. The monoisotopic (exact) mass is 344 g/mol. The number of nitrogen functional groups attached to an aromatic ring is 1. The molecule has 1 heterocycles. The zero-order valence-corrected chi connectivity index (χ0v) is 14.4. The van der Waals surface area contributed by atoms with Gasteiger partial charge in [-0.2, -0.15) is 4.31 Å². The van der Waals surface area contributed by atoms with E-state index < -0.39 is 10.0 Å². The number of sulfonamides is 1. The first-order valence-corrected chi connectivity index (χ1v) is 8.96. The summed E-state index contributed by atoms with van der Waals surface area (Å²) >= 11 is 7.60. The summed E-state index contributed by atoms with van der Waals surface area (Å²) in [4.78, 5) is 2.16. The fourth-order valence-corrected chi connectivity index (χ4v) is 4.83. The Bertz CT molecular complexity index is 756. The summed E-state index contributed by atoms with van der Waals surface area (Å²) in [5.74, 6) is 0. The molecule has 0 spiro atoms. The summed E-state index contributed by atoms with van der Waals surface area (Å²) in [7, 11) is -2.15. The third-order valence-corrected chi connectivity index (χ3v) is 6.91. The van der Waals surface area contributed by atoms with Crippen LogP contribution in [0.3, 0.4) is 0 Å². The summed E-state index contributed by atoms with van der Waals surface area (Å²) in [6.07, 6.45) is 0. The highest BCUT2D eigenvalue weighted by Crippen LogP contribution is 2.33. The molecular formula is C14H17ClN2O2S2. The fourth-order valence-electron chi connectivity index (χ4n) is 1.94. The normalized spacial score (nSPS) is 13.6. The van der Waals surface area contributed by atoms with Crippen LogP contribution in [0.15, 0.2) is 35.2 Å². The van der Waals surface area contributed by atoms with E-state index in [1.165, 1.54) is 16.4 Å². The summed E-state index contributed by atoms with van der Waals surface area (Å²) in [5, 5.41) is 0.172. The van der Waals surface area contributed by atoms with Crippen LogP contribution in [0.4, 0.5) is 5.69 Å². The van der Waals surface area contributed by atoms with Crippen molar-refractivity contribution in [2.24, 2.45) is 0 Å².